The molecule has 7 nitrogen and oxygen atoms in total. The Labute approximate surface area is 130 Å². The Hall–Kier alpha value is -1.80. The van der Waals surface area contributed by atoms with Crippen LogP contribution < -0.4 is 15.2 Å². The zero-order valence-electron chi connectivity index (χ0n) is 12.3. The summed E-state index contributed by atoms with van der Waals surface area (Å²) < 4.78 is 34.5. The molecule has 0 saturated carbocycles. The number of amidine groups is 1. The Morgan fingerprint density at radius 2 is 1.91 bits per heavy atom. The largest absolute Gasteiger partial charge is 0.493 e. The fraction of sp³-hybridized carbons (Fsp3) is 0.500. The first-order valence-electron chi connectivity index (χ1n) is 7.29. The van der Waals surface area contributed by atoms with Crippen LogP contribution in [-0.4, -0.2) is 32.6 Å². The molecule has 0 saturated heterocycles. The number of nitrogens with zero attached hydrogens (tertiary/aromatic N) is 1. The van der Waals surface area contributed by atoms with Crippen molar-refractivity contribution in [2.24, 2.45) is 10.1 Å². The number of anilines is 1. The van der Waals surface area contributed by atoms with E-state index < -0.39 is 10.2 Å². The molecule has 0 spiro atoms. The quantitative estimate of drug-likeness (QED) is 0.624. The van der Waals surface area contributed by atoms with Crippen molar-refractivity contribution < 1.29 is 18.3 Å². The van der Waals surface area contributed by atoms with Gasteiger partial charge in [-0.1, -0.05) is 25.3 Å². The fourth-order valence-corrected chi connectivity index (χ4v) is 3.11. The van der Waals surface area contributed by atoms with E-state index in [2.05, 4.69) is 9.12 Å². The number of unbranched alkanes of at least 4 members (excludes halogenated alkanes) is 4. The number of rotatable bonds is 8. The summed E-state index contributed by atoms with van der Waals surface area (Å²) in [5.74, 6) is 0.462. The first-order valence-corrected chi connectivity index (χ1v) is 8.73. The van der Waals surface area contributed by atoms with Crippen molar-refractivity contribution in [3.05, 3.63) is 23.8 Å². The first-order chi connectivity index (χ1) is 10.5. The van der Waals surface area contributed by atoms with Gasteiger partial charge in [0.05, 0.1) is 17.9 Å². The molecular formula is C14H21N3O4S. The van der Waals surface area contributed by atoms with Crippen LogP contribution in [0.1, 0.15) is 37.7 Å². The molecule has 0 unspecified atom stereocenters. The molecule has 0 amide bonds. The summed E-state index contributed by atoms with van der Waals surface area (Å²) in [5.41, 5.74) is 6.60. The average molecular weight is 327 g/mol. The predicted molar refractivity (Wildman–Crippen MR) is 85.4 cm³/mol. The summed E-state index contributed by atoms with van der Waals surface area (Å²) in [7, 11) is -3.76. The molecule has 122 valence electrons. The lowest BCUT2D eigenvalue weighted by atomic mass is 10.1. The van der Waals surface area contributed by atoms with Crippen molar-refractivity contribution >= 4 is 21.7 Å². The van der Waals surface area contributed by atoms with Crippen LogP contribution in [0.4, 0.5) is 5.69 Å². The van der Waals surface area contributed by atoms with Gasteiger partial charge in [-0.3, -0.25) is 4.72 Å². The van der Waals surface area contributed by atoms with Crippen LogP contribution in [0.5, 0.6) is 5.75 Å². The third kappa shape index (κ3) is 4.35. The molecule has 0 fully saturated rings. The van der Waals surface area contributed by atoms with E-state index in [0.717, 1.165) is 32.1 Å². The number of benzene rings is 1. The lowest BCUT2D eigenvalue weighted by Crippen LogP contribution is -2.27. The molecule has 1 aromatic carbocycles. The van der Waals surface area contributed by atoms with Gasteiger partial charge in [-0.15, -0.1) is 4.40 Å². The molecule has 0 aromatic heterocycles. The van der Waals surface area contributed by atoms with Gasteiger partial charge in [0.25, 0.3) is 0 Å². The minimum Gasteiger partial charge on any atom is -0.493 e. The number of nitrogens with two attached hydrogens (primary N) is 1. The molecule has 0 radical (unpaired) electrons. The van der Waals surface area contributed by atoms with Crippen molar-refractivity contribution in [2.45, 2.75) is 32.1 Å². The zero-order chi connectivity index (χ0) is 16.0. The highest BCUT2D eigenvalue weighted by atomic mass is 32.2. The highest BCUT2D eigenvalue weighted by Crippen LogP contribution is 2.30. The minimum atomic E-state index is -3.76. The molecule has 1 aromatic rings. The molecule has 1 heterocycles. The Balaban J connectivity index is 1.94. The lowest BCUT2D eigenvalue weighted by Gasteiger charge is -2.19. The normalized spacial score (nSPS) is 15.6. The van der Waals surface area contributed by atoms with Gasteiger partial charge in [0.1, 0.15) is 5.75 Å². The van der Waals surface area contributed by atoms with Crippen LogP contribution in [0, 0.1) is 0 Å². The third-order valence-corrected chi connectivity index (χ3v) is 4.21. The van der Waals surface area contributed by atoms with E-state index in [-0.39, 0.29) is 12.4 Å². The summed E-state index contributed by atoms with van der Waals surface area (Å²) in [6, 6.07) is 5.07. The summed E-state index contributed by atoms with van der Waals surface area (Å²) in [4.78, 5) is 0. The SMILES string of the molecule is NC1=NS(=O)(=O)Nc2cccc(OCCCCCCCO)c21. The zero-order valence-corrected chi connectivity index (χ0v) is 13.1. The second-order valence-electron chi connectivity index (χ2n) is 5.07. The monoisotopic (exact) mass is 327 g/mol. The van der Waals surface area contributed by atoms with Crippen molar-refractivity contribution in [3.8, 4) is 5.75 Å². The second-order valence-corrected chi connectivity index (χ2v) is 6.41. The van der Waals surface area contributed by atoms with Gasteiger partial charge in [0.2, 0.25) is 0 Å². The topological polar surface area (TPSA) is 114 Å². The van der Waals surface area contributed by atoms with Crippen LogP contribution >= 0.6 is 0 Å². The number of hydrogen-bond donors (Lipinski definition) is 3. The van der Waals surface area contributed by atoms with E-state index in [0.29, 0.717) is 23.6 Å². The Morgan fingerprint density at radius 1 is 1.18 bits per heavy atom. The molecule has 0 aliphatic carbocycles. The molecule has 8 heteroatoms. The molecule has 2 rings (SSSR count). The highest BCUT2D eigenvalue weighted by Gasteiger charge is 2.24. The minimum absolute atomic E-state index is 0.0627. The maximum absolute atomic E-state index is 11.5. The fourth-order valence-electron chi connectivity index (χ4n) is 2.26. The first kappa shape index (κ1) is 16.6. The van der Waals surface area contributed by atoms with Gasteiger partial charge in [-0.25, -0.2) is 0 Å². The van der Waals surface area contributed by atoms with Crippen LogP contribution in [0.3, 0.4) is 0 Å². The van der Waals surface area contributed by atoms with Crippen LogP contribution in [0.15, 0.2) is 22.6 Å². The lowest BCUT2D eigenvalue weighted by molar-refractivity contribution is 0.278. The van der Waals surface area contributed by atoms with Gasteiger partial charge >= 0.3 is 10.2 Å². The van der Waals surface area contributed by atoms with Crippen LogP contribution in [0.25, 0.3) is 0 Å². The Morgan fingerprint density at radius 3 is 2.68 bits per heavy atom. The molecule has 1 aliphatic rings. The average Bonchev–Trinajstić information content (AvgIpc) is 2.44. The van der Waals surface area contributed by atoms with Crippen molar-refractivity contribution in [1.82, 2.24) is 0 Å². The molecule has 4 N–H and O–H groups in total. The maximum atomic E-state index is 11.5. The van der Waals surface area contributed by atoms with Crippen molar-refractivity contribution in [1.29, 1.82) is 0 Å². The number of fused-ring (bicyclic) bond motifs is 1. The van der Waals surface area contributed by atoms with E-state index in [4.69, 9.17) is 15.6 Å². The number of aliphatic hydroxyl groups excluding tert-OH is 1. The van der Waals surface area contributed by atoms with Crippen molar-refractivity contribution in [3.63, 3.8) is 0 Å². The summed E-state index contributed by atoms with van der Waals surface area (Å²) in [6.45, 7) is 0.761. The van der Waals surface area contributed by atoms with Crippen molar-refractivity contribution in [2.75, 3.05) is 17.9 Å². The Kier molecular flexibility index (Phi) is 5.62. The van der Waals surface area contributed by atoms with E-state index in [1.165, 1.54) is 0 Å². The molecule has 0 bridgehead atoms. The standard InChI is InChI=1S/C14H21N3O4S/c15-14-13-11(16-22(19,20)17-14)7-6-8-12(13)21-10-5-3-1-2-4-9-18/h6-8,16,18H,1-5,9-10H2,(H2,15,17). The summed E-state index contributed by atoms with van der Waals surface area (Å²) in [5, 5.41) is 8.70. The molecular weight excluding hydrogens is 306 g/mol. The van der Waals surface area contributed by atoms with Crippen LogP contribution in [-0.2, 0) is 10.2 Å². The summed E-state index contributed by atoms with van der Waals surface area (Å²) in [6.07, 6.45) is 4.81. The third-order valence-electron chi connectivity index (χ3n) is 3.30. The predicted octanol–water partition coefficient (Wildman–Crippen LogP) is 1.38. The maximum Gasteiger partial charge on any atom is 0.344 e. The van der Waals surface area contributed by atoms with Gasteiger partial charge < -0.3 is 15.6 Å². The van der Waals surface area contributed by atoms with E-state index in [9.17, 15) is 8.42 Å². The van der Waals surface area contributed by atoms with Gasteiger partial charge in [0, 0.05) is 6.61 Å². The van der Waals surface area contributed by atoms with Gasteiger partial charge in [-0.2, -0.15) is 8.42 Å². The Bertz CT molecular complexity index is 643. The number of nitrogens with one attached hydrogen (secondary N) is 1. The molecule has 22 heavy (non-hydrogen) atoms. The van der Waals surface area contributed by atoms with E-state index in [1.54, 1.807) is 18.2 Å². The summed E-state index contributed by atoms with van der Waals surface area (Å²) >= 11 is 0. The smallest absolute Gasteiger partial charge is 0.344 e. The molecule has 1 aliphatic heterocycles. The van der Waals surface area contributed by atoms with E-state index >= 15 is 0 Å². The van der Waals surface area contributed by atoms with E-state index in [1.807, 2.05) is 0 Å². The second kappa shape index (κ2) is 7.46. The molecule has 0 atom stereocenters. The van der Waals surface area contributed by atoms with Gasteiger partial charge in [-0.05, 0) is 25.0 Å². The number of hydrogen-bond acceptors (Lipinski definition) is 5. The van der Waals surface area contributed by atoms with Crippen LogP contribution in [0.2, 0.25) is 0 Å². The van der Waals surface area contributed by atoms with Gasteiger partial charge in [0.15, 0.2) is 5.84 Å². The number of aliphatic hydroxyl groups is 1. The highest BCUT2D eigenvalue weighted by molar-refractivity contribution is 7.91. The number of ether oxygens (including phenoxy) is 1.